The molecule has 0 bridgehead atoms. The Kier molecular flexibility index (Phi) is 3.39. The molecule has 2 aromatic rings. The molecule has 0 radical (unpaired) electrons. The van der Waals surface area contributed by atoms with E-state index < -0.39 is 0 Å². The third-order valence-corrected chi connectivity index (χ3v) is 5.63. The van der Waals surface area contributed by atoms with Crippen LogP contribution in [0.15, 0.2) is 36.4 Å². The number of nitrogens with zero attached hydrogens (tertiary/aromatic N) is 1. The summed E-state index contributed by atoms with van der Waals surface area (Å²) in [4.78, 5) is 2.49. The highest BCUT2D eigenvalue weighted by Crippen LogP contribution is 2.44. The molecule has 3 heteroatoms. The number of likely N-dealkylation sites (N-methyl/N-ethyl adjacent to an activating group) is 1. The van der Waals surface area contributed by atoms with Crippen LogP contribution in [0.25, 0.3) is 0 Å². The molecule has 2 aliphatic rings. The molecule has 1 heterocycles. The molecule has 0 amide bonds. The summed E-state index contributed by atoms with van der Waals surface area (Å²) in [6.45, 7) is 1.09. The van der Waals surface area contributed by atoms with Crippen molar-refractivity contribution in [2.45, 2.75) is 31.2 Å². The number of hydrogen-bond acceptors (Lipinski definition) is 2. The summed E-state index contributed by atoms with van der Waals surface area (Å²) in [5.41, 5.74) is 5.39. The summed E-state index contributed by atoms with van der Waals surface area (Å²) in [5, 5.41) is 10.6. The maximum Gasteiger partial charge on any atom is 0.134 e. The Balaban J connectivity index is 1.94. The predicted octanol–water partition coefficient (Wildman–Crippen LogP) is 3.98. The number of phenolic OH excluding ortho intramolecular Hbond substituents is 1. The monoisotopic (exact) mass is 313 g/mol. The molecule has 2 nitrogen and oxygen atoms in total. The van der Waals surface area contributed by atoms with Gasteiger partial charge >= 0.3 is 0 Å². The largest absolute Gasteiger partial charge is 0.506 e. The van der Waals surface area contributed by atoms with E-state index in [2.05, 4.69) is 36.2 Å². The minimum absolute atomic E-state index is 0.199. The Hall–Kier alpha value is -1.51. The van der Waals surface area contributed by atoms with Gasteiger partial charge in [0.25, 0.3) is 0 Å². The fraction of sp³-hybridized carbons (Fsp3) is 0.368. The lowest BCUT2D eigenvalue weighted by atomic mass is 9.74. The van der Waals surface area contributed by atoms with Gasteiger partial charge in [0.2, 0.25) is 0 Å². The predicted molar refractivity (Wildman–Crippen MR) is 89.8 cm³/mol. The highest BCUT2D eigenvalue weighted by Gasteiger charge is 2.36. The van der Waals surface area contributed by atoms with E-state index in [0.717, 1.165) is 25.8 Å². The number of aromatic hydroxyl groups is 1. The zero-order chi connectivity index (χ0) is 15.3. The summed E-state index contributed by atoms with van der Waals surface area (Å²) in [7, 11) is 2.23. The van der Waals surface area contributed by atoms with Crippen LogP contribution in [-0.4, -0.2) is 29.6 Å². The number of hydrogen-bond donors (Lipinski definition) is 1. The summed E-state index contributed by atoms with van der Waals surface area (Å²) in [6.07, 6.45) is 3.27. The van der Waals surface area contributed by atoms with Crippen LogP contribution in [0.1, 0.15) is 34.6 Å². The van der Waals surface area contributed by atoms with E-state index in [-0.39, 0.29) is 5.75 Å². The second-order valence-electron chi connectivity index (χ2n) is 6.52. The molecule has 1 aliphatic carbocycles. The van der Waals surface area contributed by atoms with Gasteiger partial charge in [-0.05, 0) is 60.7 Å². The number of rotatable bonds is 0. The molecule has 0 fully saturated rings. The summed E-state index contributed by atoms with van der Waals surface area (Å²) < 4.78 is 0. The van der Waals surface area contributed by atoms with Crippen LogP contribution in [0.2, 0.25) is 5.02 Å². The van der Waals surface area contributed by atoms with Crippen LogP contribution in [0.4, 0.5) is 0 Å². The number of fused-ring (bicyclic) bond motifs is 5. The topological polar surface area (TPSA) is 23.5 Å². The lowest BCUT2D eigenvalue weighted by Crippen LogP contribution is -2.39. The van der Waals surface area contributed by atoms with Gasteiger partial charge in [-0.3, -0.25) is 0 Å². The van der Waals surface area contributed by atoms with Gasteiger partial charge in [0.1, 0.15) is 5.75 Å². The van der Waals surface area contributed by atoms with E-state index in [9.17, 15) is 5.11 Å². The lowest BCUT2D eigenvalue weighted by molar-refractivity contribution is 0.214. The third kappa shape index (κ3) is 2.13. The fourth-order valence-electron chi connectivity index (χ4n) is 4.18. The van der Waals surface area contributed by atoms with Crippen molar-refractivity contribution in [2.75, 3.05) is 13.6 Å². The van der Waals surface area contributed by atoms with Crippen LogP contribution in [-0.2, 0) is 12.8 Å². The number of benzene rings is 2. The van der Waals surface area contributed by atoms with Crippen molar-refractivity contribution in [2.24, 2.45) is 0 Å². The first-order valence-corrected chi connectivity index (χ1v) is 8.32. The quantitative estimate of drug-likeness (QED) is 0.795. The van der Waals surface area contributed by atoms with Gasteiger partial charge in [-0.15, -0.1) is 0 Å². The molecule has 2 atom stereocenters. The molecule has 4 rings (SSSR count). The molecule has 1 N–H and O–H groups in total. The molecule has 22 heavy (non-hydrogen) atoms. The minimum Gasteiger partial charge on any atom is -0.506 e. The first-order valence-electron chi connectivity index (χ1n) is 7.94. The lowest BCUT2D eigenvalue weighted by Gasteiger charge is -2.38. The number of phenols is 1. The molecule has 2 aromatic carbocycles. The molecule has 0 saturated carbocycles. The molecule has 0 unspecified atom stereocenters. The minimum atomic E-state index is 0.199. The molecular formula is C19H20ClNO. The van der Waals surface area contributed by atoms with Crippen LogP contribution in [0.3, 0.4) is 0 Å². The van der Waals surface area contributed by atoms with Crippen molar-refractivity contribution in [3.8, 4) is 5.75 Å². The van der Waals surface area contributed by atoms with Gasteiger partial charge < -0.3 is 10.0 Å². The molecule has 0 spiro atoms. The standard InChI is InChI=1S/C19H20ClNO/c1-21-9-8-12-4-2-3-5-14(12)19-15-11-18(22)16(20)10-13(15)6-7-17(19)21/h2-5,10-11,17,19,22H,6-9H2,1H3/t17-,19-/m0/s1. The van der Waals surface area contributed by atoms with E-state index in [0.29, 0.717) is 17.0 Å². The molecule has 114 valence electrons. The van der Waals surface area contributed by atoms with Gasteiger partial charge in [-0.2, -0.15) is 0 Å². The van der Waals surface area contributed by atoms with Gasteiger partial charge in [-0.25, -0.2) is 0 Å². The van der Waals surface area contributed by atoms with E-state index in [1.807, 2.05) is 12.1 Å². The SMILES string of the molecule is CN1CCc2ccccc2[C@H]2c3cc(O)c(Cl)cc3CC[C@@H]21. The van der Waals surface area contributed by atoms with Crippen LogP contribution in [0, 0.1) is 0 Å². The van der Waals surface area contributed by atoms with E-state index in [1.54, 1.807) is 0 Å². The zero-order valence-electron chi connectivity index (χ0n) is 12.7. The molecule has 0 saturated heterocycles. The second kappa shape index (κ2) is 5.29. The Morgan fingerprint density at radius 1 is 1.09 bits per heavy atom. The van der Waals surface area contributed by atoms with Crippen molar-refractivity contribution in [3.05, 3.63) is 63.7 Å². The fourth-order valence-corrected chi connectivity index (χ4v) is 4.37. The Morgan fingerprint density at radius 2 is 1.91 bits per heavy atom. The van der Waals surface area contributed by atoms with Crippen molar-refractivity contribution in [3.63, 3.8) is 0 Å². The van der Waals surface area contributed by atoms with Gasteiger partial charge in [-0.1, -0.05) is 35.9 Å². The van der Waals surface area contributed by atoms with Crippen LogP contribution < -0.4 is 0 Å². The first-order chi connectivity index (χ1) is 10.6. The zero-order valence-corrected chi connectivity index (χ0v) is 13.5. The average Bonchev–Trinajstić information content (AvgIpc) is 2.67. The van der Waals surface area contributed by atoms with Crippen LogP contribution >= 0.6 is 11.6 Å². The van der Waals surface area contributed by atoms with Crippen molar-refractivity contribution < 1.29 is 5.11 Å². The Bertz CT molecular complexity index is 727. The summed E-state index contributed by atoms with van der Waals surface area (Å²) in [6, 6.07) is 13.1. The maximum absolute atomic E-state index is 10.1. The second-order valence-corrected chi connectivity index (χ2v) is 6.92. The molecule has 0 aromatic heterocycles. The smallest absolute Gasteiger partial charge is 0.134 e. The summed E-state index contributed by atoms with van der Waals surface area (Å²) in [5.74, 6) is 0.529. The number of aryl methyl sites for hydroxylation is 1. The highest BCUT2D eigenvalue weighted by molar-refractivity contribution is 6.32. The third-order valence-electron chi connectivity index (χ3n) is 5.33. The van der Waals surface area contributed by atoms with Crippen LogP contribution in [0.5, 0.6) is 5.75 Å². The van der Waals surface area contributed by atoms with Crippen molar-refractivity contribution in [1.82, 2.24) is 4.90 Å². The van der Waals surface area contributed by atoms with Gasteiger partial charge in [0.05, 0.1) is 5.02 Å². The molecular weight excluding hydrogens is 294 g/mol. The van der Waals surface area contributed by atoms with Crippen molar-refractivity contribution >= 4 is 11.6 Å². The Morgan fingerprint density at radius 3 is 2.77 bits per heavy atom. The van der Waals surface area contributed by atoms with Gasteiger partial charge in [0, 0.05) is 18.5 Å². The number of halogens is 1. The van der Waals surface area contributed by atoms with Gasteiger partial charge in [0.15, 0.2) is 0 Å². The maximum atomic E-state index is 10.1. The van der Waals surface area contributed by atoms with Crippen molar-refractivity contribution in [1.29, 1.82) is 0 Å². The van der Waals surface area contributed by atoms with E-state index in [4.69, 9.17) is 11.6 Å². The Labute approximate surface area is 136 Å². The normalized spacial score (nSPS) is 24.1. The highest BCUT2D eigenvalue weighted by atomic mass is 35.5. The van der Waals surface area contributed by atoms with E-state index >= 15 is 0 Å². The summed E-state index contributed by atoms with van der Waals surface area (Å²) >= 11 is 6.12. The van der Waals surface area contributed by atoms with E-state index in [1.165, 1.54) is 22.3 Å². The first kappa shape index (κ1) is 14.1. The molecule has 1 aliphatic heterocycles. The average molecular weight is 314 g/mol.